The Hall–Kier alpha value is -1.93. The number of hydrogen-bond donors (Lipinski definition) is 3. The van der Waals surface area contributed by atoms with Gasteiger partial charge in [-0.1, -0.05) is 0 Å². The van der Waals surface area contributed by atoms with Crippen molar-refractivity contribution in [3.05, 3.63) is 24.0 Å². The Morgan fingerprint density at radius 1 is 1.43 bits per heavy atom. The van der Waals surface area contributed by atoms with Crippen LogP contribution in [0.3, 0.4) is 0 Å². The van der Waals surface area contributed by atoms with Gasteiger partial charge in [0.15, 0.2) is 0 Å². The molecule has 1 saturated carbocycles. The van der Waals surface area contributed by atoms with E-state index in [0.29, 0.717) is 31.0 Å². The molecule has 1 aliphatic rings. The summed E-state index contributed by atoms with van der Waals surface area (Å²) in [6, 6.07) is 1.60. The molecule has 2 heterocycles. The van der Waals surface area contributed by atoms with E-state index >= 15 is 0 Å². The number of nitrogens with zero attached hydrogens (tertiary/aromatic N) is 1. The molecule has 1 aliphatic carbocycles. The number of carbonyl (C=O) groups excluding carboxylic acids is 1. The number of sulfonamides is 1. The first-order valence-corrected chi connectivity index (χ1v) is 9.14. The lowest BCUT2D eigenvalue weighted by Gasteiger charge is -2.05. The first kappa shape index (κ1) is 15.9. The van der Waals surface area contributed by atoms with Gasteiger partial charge in [-0.25, -0.2) is 18.1 Å². The second-order valence-electron chi connectivity index (χ2n) is 5.84. The van der Waals surface area contributed by atoms with Crippen LogP contribution in [-0.4, -0.2) is 37.9 Å². The molecule has 124 valence electrons. The number of rotatable bonds is 7. The van der Waals surface area contributed by atoms with Gasteiger partial charge < -0.3 is 10.3 Å². The van der Waals surface area contributed by atoms with Crippen LogP contribution in [0, 0.1) is 5.92 Å². The Kier molecular flexibility index (Phi) is 4.36. The summed E-state index contributed by atoms with van der Waals surface area (Å²) in [5, 5.41) is 3.67. The van der Waals surface area contributed by atoms with E-state index < -0.39 is 10.0 Å². The Balaban J connectivity index is 1.70. The van der Waals surface area contributed by atoms with Gasteiger partial charge in [0, 0.05) is 30.7 Å². The Labute approximate surface area is 134 Å². The van der Waals surface area contributed by atoms with Crippen LogP contribution in [0.15, 0.2) is 23.4 Å². The van der Waals surface area contributed by atoms with E-state index in [-0.39, 0.29) is 10.8 Å². The Bertz CT molecular complexity index is 824. The van der Waals surface area contributed by atoms with Crippen LogP contribution >= 0.6 is 0 Å². The van der Waals surface area contributed by atoms with Crippen molar-refractivity contribution in [1.82, 2.24) is 20.0 Å². The summed E-state index contributed by atoms with van der Waals surface area (Å²) < 4.78 is 26.0. The maximum absolute atomic E-state index is 11.9. The van der Waals surface area contributed by atoms with E-state index in [1.165, 1.54) is 13.2 Å². The molecule has 0 saturated heterocycles. The molecule has 1 amide bonds. The van der Waals surface area contributed by atoms with E-state index in [0.717, 1.165) is 23.8 Å². The Morgan fingerprint density at radius 3 is 2.91 bits per heavy atom. The number of nitrogens with one attached hydrogen (secondary N) is 3. The third kappa shape index (κ3) is 3.70. The van der Waals surface area contributed by atoms with Gasteiger partial charge in [-0.15, -0.1) is 0 Å². The van der Waals surface area contributed by atoms with Gasteiger partial charge in [-0.05, 0) is 43.9 Å². The van der Waals surface area contributed by atoms with Gasteiger partial charge in [0.05, 0.1) is 0 Å². The summed E-state index contributed by atoms with van der Waals surface area (Å²) in [5.41, 5.74) is 1.58. The fourth-order valence-electron chi connectivity index (χ4n) is 2.50. The molecule has 0 unspecified atom stereocenters. The third-order valence-corrected chi connectivity index (χ3v) is 5.44. The van der Waals surface area contributed by atoms with Crippen molar-refractivity contribution < 1.29 is 13.2 Å². The predicted octanol–water partition coefficient (Wildman–Crippen LogP) is 0.930. The number of fused-ring (bicyclic) bond motifs is 1. The monoisotopic (exact) mass is 336 g/mol. The van der Waals surface area contributed by atoms with Crippen LogP contribution in [0.4, 0.5) is 0 Å². The number of aromatic nitrogens is 2. The highest BCUT2D eigenvalue weighted by atomic mass is 32.2. The zero-order chi connectivity index (χ0) is 16.4. The lowest BCUT2D eigenvalue weighted by molar-refractivity contribution is -0.121. The van der Waals surface area contributed by atoms with Crippen molar-refractivity contribution in [2.24, 2.45) is 5.92 Å². The number of aromatic amines is 1. The largest absolute Gasteiger partial charge is 0.356 e. The van der Waals surface area contributed by atoms with E-state index in [4.69, 9.17) is 0 Å². The van der Waals surface area contributed by atoms with Crippen LogP contribution in [-0.2, 0) is 21.2 Å². The number of amides is 1. The SMILES string of the molecule is CNS(=O)(=O)c1cnc2[nH]cc(CCNC(=O)CC3CC3)c2c1. The summed E-state index contributed by atoms with van der Waals surface area (Å²) in [6.07, 6.45) is 6.68. The van der Waals surface area contributed by atoms with E-state index in [9.17, 15) is 13.2 Å². The summed E-state index contributed by atoms with van der Waals surface area (Å²) in [4.78, 5) is 19.0. The van der Waals surface area contributed by atoms with Crippen LogP contribution in [0.25, 0.3) is 11.0 Å². The van der Waals surface area contributed by atoms with Gasteiger partial charge in [-0.2, -0.15) is 0 Å². The smallest absolute Gasteiger partial charge is 0.241 e. The summed E-state index contributed by atoms with van der Waals surface area (Å²) in [6.45, 7) is 0.529. The number of pyridine rings is 1. The minimum absolute atomic E-state index is 0.0870. The molecule has 2 aromatic heterocycles. The minimum Gasteiger partial charge on any atom is -0.356 e. The highest BCUT2D eigenvalue weighted by Crippen LogP contribution is 2.32. The Morgan fingerprint density at radius 2 is 2.22 bits per heavy atom. The van der Waals surface area contributed by atoms with Gasteiger partial charge in [0.2, 0.25) is 15.9 Å². The number of hydrogen-bond acceptors (Lipinski definition) is 4. The lowest BCUT2D eigenvalue weighted by atomic mass is 10.1. The van der Waals surface area contributed by atoms with Gasteiger partial charge >= 0.3 is 0 Å². The molecule has 8 heteroatoms. The maximum Gasteiger partial charge on any atom is 0.241 e. The standard InChI is InChI=1S/C15H20N4O3S/c1-16-23(21,22)12-7-13-11(8-18-15(13)19-9-12)4-5-17-14(20)6-10-2-3-10/h7-10,16H,2-6H2,1H3,(H,17,20)(H,18,19). The summed E-state index contributed by atoms with van der Waals surface area (Å²) in [7, 11) is -2.15. The summed E-state index contributed by atoms with van der Waals surface area (Å²) in [5.74, 6) is 0.658. The third-order valence-electron chi connectivity index (χ3n) is 4.06. The van der Waals surface area contributed by atoms with Crippen molar-refractivity contribution in [2.45, 2.75) is 30.6 Å². The van der Waals surface area contributed by atoms with Crippen LogP contribution < -0.4 is 10.0 Å². The zero-order valence-electron chi connectivity index (χ0n) is 12.9. The fraction of sp³-hybridized carbons (Fsp3) is 0.467. The van der Waals surface area contributed by atoms with Crippen molar-refractivity contribution in [1.29, 1.82) is 0 Å². The van der Waals surface area contributed by atoms with E-state index in [1.807, 2.05) is 0 Å². The molecule has 0 atom stereocenters. The second-order valence-corrected chi connectivity index (χ2v) is 7.72. The number of carbonyl (C=O) groups is 1. The average molecular weight is 336 g/mol. The molecule has 0 aliphatic heterocycles. The molecule has 0 spiro atoms. The molecule has 7 nitrogen and oxygen atoms in total. The maximum atomic E-state index is 11.9. The van der Waals surface area contributed by atoms with Crippen molar-refractivity contribution in [2.75, 3.05) is 13.6 Å². The molecule has 0 aromatic carbocycles. The molecule has 1 fully saturated rings. The van der Waals surface area contributed by atoms with E-state index in [1.54, 1.807) is 12.3 Å². The van der Waals surface area contributed by atoms with Crippen LogP contribution in [0.1, 0.15) is 24.8 Å². The van der Waals surface area contributed by atoms with Crippen molar-refractivity contribution in [3.63, 3.8) is 0 Å². The zero-order valence-corrected chi connectivity index (χ0v) is 13.7. The first-order valence-electron chi connectivity index (χ1n) is 7.66. The first-order chi connectivity index (χ1) is 11.0. The van der Waals surface area contributed by atoms with Crippen molar-refractivity contribution >= 4 is 27.0 Å². The molecule has 0 radical (unpaired) electrons. The summed E-state index contributed by atoms with van der Waals surface area (Å²) >= 11 is 0. The predicted molar refractivity (Wildman–Crippen MR) is 86.4 cm³/mol. The van der Waals surface area contributed by atoms with Gasteiger partial charge in [0.25, 0.3) is 0 Å². The quantitative estimate of drug-likeness (QED) is 0.699. The molecule has 23 heavy (non-hydrogen) atoms. The van der Waals surface area contributed by atoms with Crippen molar-refractivity contribution in [3.8, 4) is 0 Å². The van der Waals surface area contributed by atoms with E-state index in [2.05, 4.69) is 20.0 Å². The van der Waals surface area contributed by atoms with Crippen LogP contribution in [0.2, 0.25) is 0 Å². The lowest BCUT2D eigenvalue weighted by Crippen LogP contribution is -2.25. The second kappa shape index (κ2) is 6.29. The molecule has 3 rings (SSSR count). The van der Waals surface area contributed by atoms with Gasteiger partial charge in [-0.3, -0.25) is 4.79 Å². The molecule has 2 aromatic rings. The molecule has 0 bridgehead atoms. The fourth-order valence-corrected chi connectivity index (χ4v) is 3.20. The normalized spacial score (nSPS) is 15.0. The highest BCUT2D eigenvalue weighted by molar-refractivity contribution is 7.89. The average Bonchev–Trinajstić information content (AvgIpc) is 3.25. The number of H-pyrrole nitrogens is 1. The topological polar surface area (TPSA) is 104 Å². The minimum atomic E-state index is -3.52. The molecule has 3 N–H and O–H groups in total. The van der Waals surface area contributed by atoms with Gasteiger partial charge in [0.1, 0.15) is 10.5 Å². The molecular weight excluding hydrogens is 316 g/mol. The highest BCUT2D eigenvalue weighted by Gasteiger charge is 2.24. The molecular formula is C15H20N4O3S. The van der Waals surface area contributed by atoms with Crippen LogP contribution in [0.5, 0.6) is 0 Å².